The van der Waals surface area contributed by atoms with E-state index in [0.29, 0.717) is 6.04 Å². The summed E-state index contributed by atoms with van der Waals surface area (Å²) < 4.78 is 0. The van der Waals surface area contributed by atoms with Gasteiger partial charge in [0.25, 0.3) is 0 Å². The van der Waals surface area contributed by atoms with Crippen molar-refractivity contribution in [1.29, 1.82) is 0 Å². The smallest absolute Gasteiger partial charge is 0.0664 e. The van der Waals surface area contributed by atoms with Crippen LogP contribution in [-0.4, -0.2) is 59.8 Å². The SMILES string of the molecule is CCC(O)CN1CCC(N(CC)CC)C1. The first kappa shape index (κ1) is 12.9. The van der Waals surface area contributed by atoms with E-state index in [2.05, 4.69) is 23.6 Å². The summed E-state index contributed by atoms with van der Waals surface area (Å²) in [6.07, 6.45) is 1.99. The number of nitrogens with zero attached hydrogens (tertiary/aromatic N) is 2. The minimum absolute atomic E-state index is 0.138. The summed E-state index contributed by atoms with van der Waals surface area (Å²) in [5.41, 5.74) is 0. The molecule has 90 valence electrons. The molecule has 1 heterocycles. The van der Waals surface area contributed by atoms with E-state index in [4.69, 9.17) is 0 Å². The quantitative estimate of drug-likeness (QED) is 0.719. The molecule has 0 bridgehead atoms. The van der Waals surface area contributed by atoms with Crippen LogP contribution >= 0.6 is 0 Å². The van der Waals surface area contributed by atoms with E-state index in [1.807, 2.05) is 6.92 Å². The normalized spacial score (nSPS) is 25.0. The highest BCUT2D eigenvalue weighted by atomic mass is 16.3. The summed E-state index contributed by atoms with van der Waals surface area (Å²) >= 11 is 0. The van der Waals surface area contributed by atoms with Crippen LogP contribution in [0, 0.1) is 0 Å². The maximum absolute atomic E-state index is 9.60. The summed E-state index contributed by atoms with van der Waals surface area (Å²) in [6.45, 7) is 11.9. The lowest BCUT2D eigenvalue weighted by Gasteiger charge is -2.26. The van der Waals surface area contributed by atoms with Crippen LogP contribution in [0.25, 0.3) is 0 Å². The third kappa shape index (κ3) is 3.74. The van der Waals surface area contributed by atoms with Crippen molar-refractivity contribution >= 4 is 0 Å². The lowest BCUT2D eigenvalue weighted by atomic mass is 10.2. The van der Waals surface area contributed by atoms with Gasteiger partial charge in [0.15, 0.2) is 0 Å². The minimum Gasteiger partial charge on any atom is -0.392 e. The molecule has 0 aromatic carbocycles. The van der Waals surface area contributed by atoms with Crippen LogP contribution < -0.4 is 0 Å². The standard InChI is InChI=1S/C12H26N2O/c1-4-12(15)10-13-8-7-11(9-13)14(5-2)6-3/h11-12,15H,4-10H2,1-3H3. The molecule has 2 unspecified atom stereocenters. The summed E-state index contributed by atoms with van der Waals surface area (Å²) in [6, 6.07) is 0.712. The van der Waals surface area contributed by atoms with Crippen LogP contribution in [-0.2, 0) is 0 Å². The van der Waals surface area contributed by atoms with Crippen LogP contribution in [0.3, 0.4) is 0 Å². The number of aliphatic hydroxyl groups is 1. The molecule has 0 aromatic rings. The Bertz CT molecular complexity index is 171. The molecular weight excluding hydrogens is 188 g/mol. The molecule has 1 N–H and O–H groups in total. The van der Waals surface area contributed by atoms with E-state index in [-0.39, 0.29) is 6.10 Å². The lowest BCUT2D eigenvalue weighted by molar-refractivity contribution is 0.115. The first-order chi connectivity index (χ1) is 7.21. The van der Waals surface area contributed by atoms with E-state index < -0.39 is 0 Å². The van der Waals surface area contributed by atoms with Crippen molar-refractivity contribution < 1.29 is 5.11 Å². The predicted octanol–water partition coefficient (Wildman–Crippen LogP) is 1.17. The predicted molar refractivity (Wildman–Crippen MR) is 64.1 cm³/mol. The average Bonchev–Trinajstić information content (AvgIpc) is 2.68. The van der Waals surface area contributed by atoms with Gasteiger partial charge in [0.2, 0.25) is 0 Å². The third-order valence-electron chi connectivity index (χ3n) is 3.52. The zero-order valence-electron chi connectivity index (χ0n) is 10.4. The zero-order chi connectivity index (χ0) is 11.3. The highest BCUT2D eigenvalue weighted by molar-refractivity contribution is 4.83. The van der Waals surface area contributed by atoms with Crippen molar-refractivity contribution in [2.75, 3.05) is 32.7 Å². The molecule has 0 aliphatic carbocycles. The van der Waals surface area contributed by atoms with Crippen LogP contribution in [0.1, 0.15) is 33.6 Å². The number of rotatable bonds is 6. The van der Waals surface area contributed by atoms with Crippen molar-refractivity contribution in [3.8, 4) is 0 Å². The number of β-amino-alcohol motifs (C(OH)–C–C–N with tert-alkyl or cyclic N) is 1. The molecule has 1 fully saturated rings. The Morgan fingerprint density at radius 1 is 1.33 bits per heavy atom. The van der Waals surface area contributed by atoms with Gasteiger partial charge in [-0.05, 0) is 32.5 Å². The summed E-state index contributed by atoms with van der Waals surface area (Å²) in [7, 11) is 0. The van der Waals surface area contributed by atoms with Gasteiger partial charge in [-0.3, -0.25) is 9.80 Å². The average molecular weight is 214 g/mol. The molecule has 1 saturated heterocycles. The van der Waals surface area contributed by atoms with Crippen LogP contribution in [0.15, 0.2) is 0 Å². The Morgan fingerprint density at radius 2 is 2.00 bits per heavy atom. The summed E-state index contributed by atoms with van der Waals surface area (Å²) in [5.74, 6) is 0. The highest BCUT2D eigenvalue weighted by Gasteiger charge is 2.26. The number of likely N-dealkylation sites (tertiary alicyclic amines) is 1. The molecule has 0 spiro atoms. The van der Waals surface area contributed by atoms with E-state index in [1.165, 1.54) is 6.42 Å². The monoisotopic (exact) mass is 214 g/mol. The second-order valence-corrected chi connectivity index (χ2v) is 4.49. The van der Waals surface area contributed by atoms with Gasteiger partial charge in [-0.2, -0.15) is 0 Å². The van der Waals surface area contributed by atoms with Crippen molar-refractivity contribution in [2.24, 2.45) is 0 Å². The molecule has 0 radical (unpaired) electrons. The fourth-order valence-corrected chi connectivity index (χ4v) is 2.44. The molecule has 1 aliphatic rings. The third-order valence-corrected chi connectivity index (χ3v) is 3.52. The van der Waals surface area contributed by atoms with Gasteiger partial charge in [0.05, 0.1) is 6.10 Å². The maximum atomic E-state index is 9.60. The molecule has 3 heteroatoms. The molecule has 0 saturated carbocycles. The van der Waals surface area contributed by atoms with Crippen LogP contribution in [0.4, 0.5) is 0 Å². The number of hydrogen-bond acceptors (Lipinski definition) is 3. The van der Waals surface area contributed by atoms with Gasteiger partial charge in [-0.15, -0.1) is 0 Å². The molecule has 2 atom stereocenters. The van der Waals surface area contributed by atoms with Crippen molar-refractivity contribution in [3.63, 3.8) is 0 Å². The second-order valence-electron chi connectivity index (χ2n) is 4.49. The Labute approximate surface area is 94.1 Å². The fourth-order valence-electron chi connectivity index (χ4n) is 2.44. The topological polar surface area (TPSA) is 26.7 Å². The van der Waals surface area contributed by atoms with Crippen LogP contribution in [0.5, 0.6) is 0 Å². The Kier molecular flexibility index (Phi) is 5.58. The molecule has 1 aliphatic heterocycles. The van der Waals surface area contributed by atoms with Crippen molar-refractivity contribution in [1.82, 2.24) is 9.80 Å². The molecule has 0 aromatic heterocycles. The van der Waals surface area contributed by atoms with Crippen molar-refractivity contribution in [2.45, 2.75) is 45.8 Å². The largest absolute Gasteiger partial charge is 0.392 e. The van der Waals surface area contributed by atoms with Gasteiger partial charge in [-0.25, -0.2) is 0 Å². The Hall–Kier alpha value is -0.120. The van der Waals surface area contributed by atoms with Gasteiger partial charge >= 0.3 is 0 Å². The molecule has 3 nitrogen and oxygen atoms in total. The van der Waals surface area contributed by atoms with E-state index in [9.17, 15) is 5.11 Å². The lowest BCUT2D eigenvalue weighted by Crippen LogP contribution is -2.38. The first-order valence-corrected chi connectivity index (χ1v) is 6.35. The number of likely N-dealkylation sites (N-methyl/N-ethyl adjacent to an activating group) is 1. The summed E-state index contributed by atoms with van der Waals surface area (Å²) in [4.78, 5) is 4.93. The van der Waals surface area contributed by atoms with E-state index >= 15 is 0 Å². The van der Waals surface area contributed by atoms with E-state index in [1.54, 1.807) is 0 Å². The molecule has 15 heavy (non-hydrogen) atoms. The zero-order valence-corrected chi connectivity index (χ0v) is 10.4. The van der Waals surface area contributed by atoms with E-state index in [0.717, 1.165) is 39.1 Å². The second kappa shape index (κ2) is 6.46. The Balaban J connectivity index is 2.31. The summed E-state index contributed by atoms with van der Waals surface area (Å²) in [5, 5.41) is 9.60. The minimum atomic E-state index is -0.138. The maximum Gasteiger partial charge on any atom is 0.0664 e. The van der Waals surface area contributed by atoms with Gasteiger partial charge < -0.3 is 5.11 Å². The highest BCUT2D eigenvalue weighted by Crippen LogP contribution is 2.15. The molecule has 0 amide bonds. The van der Waals surface area contributed by atoms with Gasteiger partial charge in [0, 0.05) is 19.1 Å². The Morgan fingerprint density at radius 3 is 2.53 bits per heavy atom. The number of aliphatic hydroxyl groups excluding tert-OH is 1. The van der Waals surface area contributed by atoms with Crippen molar-refractivity contribution in [3.05, 3.63) is 0 Å². The molecular formula is C12H26N2O. The molecule has 1 rings (SSSR count). The first-order valence-electron chi connectivity index (χ1n) is 6.35. The fraction of sp³-hybridized carbons (Fsp3) is 1.00. The number of hydrogen-bond donors (Lipinski definition) is 1. The van der Waals surface area contributed by atoms with Gasteiger partial charge in [-0.1, -0.05) is 20.8 Å². The van der Waals surface area contributed by atoms with Crippen LogP contribution in [0.2, 0.25) is 0 Å². The van der Waals surface area contributed by atoms with Gasteiger partial charge in [0.1, 0.15) is 0 Å².